The zero-order valence-corrected chi connectivity index (χ0v) is 10.5. The molecule has 1 amide bonds. The summed E-state index contributed by atoms with van der Waals surface area (Å²) in [5.74, 6) is -2.13. The highest BCUT2D eigenvalue weighted by Gasteiger charge is 2.37. The first-order chi connectivity index (χ1) is 8.58. The van der Waals surface area contributed by atoms with E-state index in [2.05, 4.69) is 5.32 Å². The third kappa shape index (κ3) is 2.82. The second kappa shape index (κ2) is 5.40. The van der Waals surface area contributed by atoms with E-state index in [-0.39, 0.29) is 5.91 Å². The van der Waals surface area contributed by atoms with Crippen LogP contribution in [0.3, 0.4) is 0 Å². The molecule has 0 radical (unpaired) electrons. The standard InChI is InChI=1S/C13H14ClNO3/c14-8-3-1-4-9(7-8)15-12(16)10-5-2-6-11(10)13(17)18/h1,3-4,7,10-11H,2,5-6H2,(H,15,16)(H,17,18). The van der Waals surface area contributed by atoms with Gasteiger partial charge < -0.3 is 10.4 Å². The number of carbonyl (C=O) groups is 2. The fourth-order valence-electron chi connectivity index (χ4n) is 2.37. The van der Waals surface area contributed by atoms with E-state index in [0.29, 0.717) is 23.6 Å². The minimum Gasteiger partial charge on any atom is -0.481 e. The molecule has 96 valence electrons. The Labute approximate surface area is 110 Å². The molecule has 4 nitrogen and oxygen atoms in total. The predicted octanol–water partition coefficient (Wildman–Crippen LogP) is 2.78. The quantitative estimate of drug-likeness (QED) is 0.885. The Hall–Kier alpha value is -1.55. The zero-order chi connectivity index (χ0) is 13.1. The Morgan fingerprint density at radius 2 is 2.00 bits per heavy atom. The van der Waals surface area contributed by atoms with Crippen LogP contribution in [0.25, 0.3) is 0 Å². The molecule has 0 bridgehead atoms. The Morgan fingerprint density at radius 3 is 2.67 bits per heavy atom. The number of hydrogen-bond acceptors (Lipinski definition) is 2. The molecular weight excluding hydrogens is 254 g/mol. The average molecular weight is 268 g/mol. The molecule has 5 heteroatoms. The highest BCUT2D eigenvalue weighted by molar-refractivity contribution is 6.30. The molecule has 0 saturated heterocycles. The number of carboxylic acid groups (broad SMARTS) is 1. The van der Waals surface area contributed by atoms with Crippen LogP contribution in [-0.2, 0) is 9.59 Å². The molecule has 1 aliphatic rings. The number of halogens is 1. The van der Waals surface area contributed by atoms with E-state index in [4.69, 9.17) is 16.7 Å². The van der Waals surface area contributed by atoms with Crippen LogP contribution in [0.2, 0.25) is 5.02 Å². The van der Waals surface area contributed by atoms with E-state index < -0.39 is 17.8 Å². The molecule has 2 unspecified atom stereocenters. The van der Waals surface area contributed by atoms with Gasteiger partial charge in [-0.05, 0) is 31.0 Å². The molecule has 0 heterocycles. The first-order valence-corrected chi connectivity index (χ1v) is 6.25. The molecule has 0 aromatic heterocycles. The number of hydrogen-bond donors (Lipinski definition) is 2. The fraction of sp³-hybridized carbons (Fsp3) is 0.385. The van der Waals surface area contributed by atoms with Crippen molar-refractivity contribution in [1.82, 2.24) is 0 Å². The van der Waals surface area contributed by atoms with Gasteiger partial charge in [0.2, 0.25) is 5.91 Å². The van der Waals surface area contributed by atoms with Crippen LogP contribution in [-0.4, -0.2) is 17.0 Å². The summed E-state index contributed by atoms with van der Waals surface area (Å²) in [5.41, 5.74) is 0.600. The van der Waals surface area contributed by atoms with Gasteiger partial charge >= 0.3 is 5.97 Å². The second-order valence-electron chi connectivity index (χ2n) is 4.48. The molecule has 1 aromatic carbocycles. The number of anilines is 1. The lowest BCUT2D eigenvalue weighted by atomic mass is 9.95. The summed E-state index contributed by atoms with van der Waals surface area (Å²) in [5, 5.41) is 12.3. The van der Waals surface area contributed by atoms with Crippen LogP contribution in [0.1, 0.15) is 19.3 Å². The van der Waals surface area contributed by atoms with Crippen LogP contribution >= 0.6 is 11.6 Å². The van der Waals surface area contributed by atoms with Crippen molar-refractivity contribution in [3.8, 4) is 0 Å². The van der Waals surface area contributed by atoms with Gasteiger partial charge in [0.05, 0.1) is 11.8 Å². The van der Waals surface area contributed by atoms with E-state index in [1.165, 1.54) is 0 Å². The van der Waals surface area contributed by atoms with Crippen molar-refractivity contribution in [1.29, 1.82) is 0 Å². The van der Waals surface area contributed by atoms with Crippen molar-refractivity contribution in [2.45, 2.75) is 19.3 Å². The van der Waals surface area contributed by atoms with Gasteiger partial charge in [-0.2, -0.15) is 0 Å². The Bertz CT molecular complexity index is 475. The Kier molecular flexibility index (Phi) is 3.87. The van der Waals surface area contributed by atoms with E-state index in [1.807, 2.05) is 0 Å². The van der Waals surface area contributed by atoms with E-state index in [1.54, 1.807) is 24.3 Å². The predicted molar refractivity (Wildman–Crippen MR) is 68.5 cm³/mol. The summed E-state index contributed by atoms with van der Waals surface area (Å²) in [6.07, 6.45) is 1.98. The summed E-state index contributed by atoms with van der Waals surface area (Å²) in [6.45, 7) is 0. The van der Waals surface area contributed by atoms with Crippen molar-refractivity contribution in [3.63, 3.8) is 0 Å². The molecule has 1 fully saturated rings. The number of rotatable bonds is 3. The van der Waals surface area contributed by atoms with Crippen molar-refractivity contribution < 1.29 is 14.7 Å². The fourth-order valence-corrected chi connectivity index (χ4v) is 2.56. The van der Waals surface area contributed by atoms with E-state index in [0.717, 1.165) is 6.42 Å². The van der Waals surface area contributed by atoms with Crippen molar-refractivity contribution in [2.24, 2.45) is 11.8 Å². The van der Waals surface area contributed by atoms with E-state index in [9.17, 15) is 9.59 Å². The molecular formula is C13H14ClNO3. The van der Waals surface area contributed by atoms with Gasteiger partial charge in [-0.1, -0.05) is 24.1 Å². The van der Waals surface area contributed by atoms with Crippen LogP contribution in [0, 0.1) is 11.8 Å². The summed E-state index contributed by atoms with van der Waals surface area (Å²) >= 11 is 5.82. The molecule has 18 heavy (non-hydrogen) atoms. The highest BCUT2D eigenvalue weighted by Crippen LogP contribution is 2.33. The number of nitrogens with one attached hydrogen (secondary N) is 1. The molecule has 1 aliphatic carbocycles. The first-order valence-electron chi connectivity index (χ1n) is 5.87. The number of amides is 1. The van der Waals surface area contributed by atoms with Gasteiger partial charge in [0.15, 0.2) is 0 Å². The molecule has 2 rings (SSSR count). The van der Waals surface area contributed by atoms with Gasteiger partial charge in [-0.15, -0.1) is 0 Å². The lowest BCUT2D eigenvalue weighted by Gasteiger charge is -2.15. The zero-order valence-electron chi connectivity index (χ0n) is 9.73. The third-order valence-electron chi connectivity index (χ3n) is 3.26. The lowest BCUT2D eigenvalue weighted by Crippen LogP contribution is -2.29. The Morgan fingerprint density at radius 1 is 1.28 bits per heavy atom. The molecule has 2 atom stereocenters. The van der Waals surface area contributed by atoms with Gasteiger partial charge in [0.1, 0.15) is 0 Å². The normalized spacial score (nSPS) is 22.7. The maximum Gasteiger partial charge on any atom is 0.307 e. The maximum absolute atomic E-state index is 12.0. The van der Waals surface area contributed by atoms with Gasteiger partial charge in [-0.3, -0.25) is 9.59 Å². The van der Waals surface area contributed by atoms with Crippen molar-refractivity contribution in [3.05, 3.63) is 29.3 Å². The van der Waals surface area contributed by atoms with Crippen LogP contribution in [0.5, 0.6) is 0 Å². The summed E-state index contributed by atoms with van der Waals surface area (Å²) in [6, 6.07) is 6.83. The average Bonchev–Trinajstić information content (AvgIpc) is 2.77. The molecule has 0 aliphatic heterocycles. The molecule has 2 N–H and O–H groups in total. The minimum atomic E-state index is -0.890. The number of aliphatic carboxylic acids is 1. The van der Waals surface area contributed by atoms with E-state index >= 15 is 0 Å². The van der Waals surface area contributed by atoms with Crippen molar-refractivity contribution in [2.75, 3.05) is 5.32 Å². The number of carbonyl (C=O) groups excluding carboxylic acids is 1. The minimum absolute atomic E-state index is 0.234. The smallest absolute Gasteiger partial charge is 0.307 e. The topological polar surface area (TPSA) is 66.4 Å². The van der Waals surface area contributed by atoms with Crippen molar-refractivity contribution >= 4 is 29.2 Å². The summed E-state index contributed by atoms with van der Waals surface area (Å²) in [4.78, 5) is 23.0. The molecule has 0 spiro atoms. The van der Waals surface area contributed by atoms with Gasteiger partial charge in [0.25, 0.3) is 0 Å². The first kappa shape index (κ1) is 12.9. The lowest BCUT2D eigenvalue weighted by molar-refractivity contribution is -0.145. The van der Waals surface area contributed by atoms with Gasteiger partial charge in [0, 0.05) is 10.7 Å². The van der Waals surface area contributed by atoms with Crippen LogP contribution < -0.4 is 5.32 Å². The Balaban J connectivity index is 2.06. The van der Waals surface area contributed by atoms with Crippen LogP contribution in [0.15, 0.2) is 24.3 Å². The summed E-state index contributed by atoms with van der Waals surface area (Å²) in [7, 11) is 0. The number of benzene rings is 1. The SMILES string of the molecule is O=C(O)C1CCCC1C(=O)Nc1cccc(Cl)c1. The van der Waals surface area contributed by atoms with Gasteiger partial charge in [-0.25, -0.2) is 0 Å². The number of carboxylic acids is 1. The monoisotopic (exact) mass is 267 g/mol. The summed E-state index contributed by atoms with van der Waals surface area (Å²) < 4.78 is 0. The largest absolute Gasteiger partial charge is 0.481 e. The van der Waals surface area contributed by atoms with Crippen LogP contribution in [0.4, 0.5) is 5.69 Å². The highest BCUT2D eigenvalue weighted by atomic mass is 35.5. The molecule has 1 saturated carbocycles. The second-order valence-corrected chi connectivity index (χ2v) is 4.92. The molecule has 1 aromatic rings. The maximum atomic E-state index is 12.0. The third-order valence-corrected chi connectivity index (χ3v) is 3.50.